The van der Waals surface area contributed by atoms with Gasteiger partial charge in [-0.1, -0.05) is 49.0 Å². The maximum absolute atomic E-state index is 12.8. The van der Waals surface area contributed by atoms with Gasteiger partial charge in [0.15, 0.2) is 5.16 Å². The zero-order valence-electron chi connectivity index (χ0n) is 15.4. The van der Waals surface area contributed by atoms with Crippen molar-refractivity contribution >= 4 is 29.4 Å². The summed E-state index contributed by atoms with van der Waals surface area (Å²) in [5.74, 6) is 0.132. The number of amides is 1. The number of hydrogen-bond donors (Lipinski definition) is 1. The van der Waals surface area contributed by atoms with Gasteiger partial charge in [-0.05, 0) is 5.56 Å². The lowest BCUT2D eigenvalue weighted by Gasteiger charge is -2.13. The molecule has 8 heteroatoms. The smallest absolute Gasteiger partial charge is 0.268 e. The average molecular weight is 406 g/mol. The summed E-state index contributed by atoms with van der Waals surface area (Å²) >= 11 is 2.88. The fourth-order valence-electron chi connectivity index (χ4n) is 2.80. The number of hydrogen-bond acceptors (Lipinski definition) is 6. The normalized spacial score (nSPS) is 15.6. The molecule has 1 aliphatic heterocycles. The summed E-state index contributed by atoms with van der Waals surface area (Å²) in [7, 11) is 1.60. The number of fused-ring (bicyclic) bond motifs is 1. The molecule has 0 saturated carbocycles. The van der Waals surface area contributed by atoms with Crippen LogP contribution in [0.15, 0.2) is 45.2 Å². The Kier molecular flexibility index (Phi) is 6.98. The first-order valence-corrected chi connectivity index (χ1v) is 10.7. The highest BCUT2D eigenvalue weighted by Crippen LogP contribution is 2.34. The standard InChI is InChI=1S/C19H23N3O3S2/c1-13-10-15-17(27-13)18(24)22(8-9-25-2)19(21-15)26-12-16(23)20-11-14-6-4-3-5-7-14/h3-7,13H,8-12H2,1-2H3,(H,20,23). The van der Waals surface area contributed by atoms with Crippen molar-refractivity contribution in [2.45, 2.75) is 41.7 Å². The molecule has 1 atom stereocenters. The number of nitrogens with one attached hydrogen (secondary N) is 1. The number of benzene rings is 1. The number of ether oxygens (including phenoxy) is 1. The van der Waals surface area contributed by atoms with Crippen LogP contribution in [-0.4, -0.2) is 40.2 Å². The summed E-state index contributed by atoms with van der Waals surface area (Å²) in [6, 6.07) is 9.77. The Labute approximate surface area is 167 Å². The molecule has 1 amide bonds. The second-order valence-electron chi connectivity index (χ2n) is 6.30. The van der Waals surface area contributed by atoms with E-state index < -0.39 is 0 Å². The molecule has 2 aromatic rings. The van der Waals surface area contributed by atoms with Gasteiger partial charge in [0.25, 0.3) is 5.56 Å². The highest BCUT2D eigenvalue weighted by atomic mass is 32.2. The van der Waals surface area contributed by atoms with Crippen LogP contribution in [0.2, 0.25) is 0 Å². The molecule has 2 heterocycles. The van der Waals surface area contributed by atoms with E-state index in [1.807, 2.05) is 30.3 Å². The molecule has 0 saturated heterocycles. The van der Waals surface area contributed by atoms with Crippen LogP contribution in [0.4, 0.5) is 0 Å². The largest absolute Gasteiger partial charge is 0.383 e. The van der Waals surface area contributed by atoms with Gasteiger partial charge >= 0.3 is 0 Å². The number of aromatic nitrogens is 2. The minimum Gasteiger partial charge on any atom is -0.383 e. The van der Waals surface area contributed by atoms with E-state index in [2.05, 4.69) is 17.2 Å². The van der Waals surface area contributed by atoms with Crippen molar-refractivity contribution in [3.63, 3.8) is 0 Å². The van der Waals surface area contributed by atoms with Crippen LogP contribution >= 0.6 is 23.5 Å². The van der Waals surface area contributed by atoms with Crippen molar-refractivity contribution in [2.24, 2.45) is 0 Å². The molecule has 1 aromatic carbocycles. The lowest BCUT2D eigenvalue weighted by atomic mass is 10.2. The van der Waals surface area contributed by atoms with E-state index in [9.17, 15) is 9.59 Å². The first kappa shape index (κ1) is 20.0. The fourth-order valence-corrected chi connectivity index (χ4v) is 4.79. The molecule has 0 fully saturated rings. The van der Waals surface area contributed by atoms with Gasteiger partial charge in [0, 0.05) is 25.3 Å². The van der Waals surface area contributed by atoms with Gasteiger partial charge in [-0.25, -0.2) is 4.98 Å². The summed E-state index contributed by atoms with van der Waals surface area (Å²) in [6.45, 7) is 3.44. The molecule has 6 nitrogen and oxygen atoms in total. The van der Waals surface area contributed by atoms with Crippen molar-refractivity contribution in [1.82, 2.24) is 14.9 Å². The lowest BCUT2D eigenvalue weighted by Crippen LogP contribution is -2.28. The molecule has 1 aliphatic rings. The van der Waals surface area contributed by atoms with Crippen LogP contribution in [0.25, 0.3) is 0 Å². The topological polar surface area (TPSA) is 73.2 Å². The predicted octanol–water partition coefficient (Wildman–Crippen LogP) is 2.33. The molecule has 1 aromatic heterocycles. The van der Waals surface area contributed by atoms with Crippen molar-refractivity contribution in [3.05, 3.63) is 51.9 Å². The number of carbonyl (C=O) groups is 1. The van der Waals surface area contributed by atoms with Crippen LogP contribution in [0.1, 0.15) is 18.2 Å². The van der Waals surface area contributed by atoms with Crippen molar-refractivity contribution in [1.29, 1.82) is 0 Å². The molecule has 0 bridgehead atoms. The lowest BCUT2D eigenvalue weighted by molar-refractivity contribution is -0.118. The minimum absolute atomic E-state index is 0.0291. The van der Waals surface area contributed by atoms with E-state index in [-0.39, 0.29) is 17.2 Å². The molecule has 0 spiro atoms. The summed E-state index contributed by atoms with van der Waals surface area (Å²) in [5, 5.41) is 3.84. The van der Waals surface area contributed by atoms with Crippen LogP contribution in [0.5, 0.6) is 0 Å². The van der Waals surface area contributed by atoms with Gasteiger partial charge in [-0.3, -0.25) is 14.2 Å². The van der Waals surface area contributed by atoms with E-state index >= 15 is 0 Å². The fraction of sp³-hybridized carbons (Fsp3) is 0.421. The van der Waals surface area contributed by atoms with E-state index in [0.29, 0.717) is 30.1 Å². The molecule has 1 unspecified atom stereocenters. The van der Waals surface area contributed by atoms with Gasteiger partial charge in [0.1, 0.15) is 0 Å². The third kappa shape index (κ3) is 5.15. The number of methoxy groups -OCH3 is 1. The molecular formula is C19H23N3O3S2. The summed E-state index contributed by atoms with van der Waals surface area (Å²) in [6.07, 6.45) is 0.786. The molecule has 3 rings (SSSR count). The molecule has 144 valence electrons. The Hall–Kier alpha value is -1.77. The predicted molar refractivity (Wildman–Crippen MR) is 108 cm³/mol. The van der Waals surface area contributed by atoms with E-state index in [1.165, 1.54) is 11.8 Å². The Morgan fingerprint density at radius 2 is 2.19 bits per heavy atom. The molecule has 0 aliphatic carbocycles. The maximum Gasteiger partial charge on any atom is 0.268 e. The van der Waals surface area contributed by atoms with E-state index in [0.717, 1.165) is 22.6 Å². The van der Waals surface area contributed by atoms with Crippen LogP contribution in [0, 0.1) is 0 Å². The highest BCUT2D eigenvalue weighted by Gasteiger charge is 2.26. The number of rotatable bonds is 8. The minimum atomic E-state index is -0.0837. The van der Waals surface area contributed by atoms with E-state index in [1.54, 1.807) is 23.4 Å². The van der Waals surface area contributed by atoms with Crippen LogP contribution < -0.4 is 10.9 Å². The van der Waals surface area contributed by atoms with Crippen LogP contribution in [-0.2, 0) is 29.0 Å². The van der Waals surface area contributed by atoms with Crippen molar-refractivity contribution < 1.29 is 9.53 Å². The van der Waals surface area contributed by atoms with Crippen LogP contribution in [0.3, 0.4) is 0 Å². The first-order chi connectivity index (χ1) is 13.1. The second-order valence-corrected chi connectivity index (χ2v) is 8.69. The highest BCUT2D eigenvalue weighted by molar-refractivity contribution is 8.00. The summed E-state index contributed by atoms with van der Waals surface area (Å²) in [5.41, 5.74) is 1.87. The van der Waals surface area contributed by atoms with E-state index in [4.69, 9.17) is 4.74 Å². The summed E-state index contributed by atoms with van der Waals surface area (Å²) < 4.78 is 6.75. The van der Waals surface area contributed by atoms with Gasteiger partial charge in [-0.15, -0.1) is 11.8 Å². The Bertz CT molecular complexity index is 855. The van der Waals surface area contributed by atoms with Crippen molar-refractivity contribution in [2.75, 3.05) is 19.5 Å². The summed E-state index contributed by atoms with van der Waals surface area (Å²) in [4.78, 5) is 30.4. The molecule has 1 N–H and O–H groups in total. The zero-order chi connectivity index (χ0) is 19.2. The van der Waals surface area contributed by atoms with Gasteiger partial charge in [-0.2, -0.15) is 0 Å². The number of thioether (sulfide) groups is 2. The Morgan fingerprint density at radius 1 is 1.41 bits per heavy atom. The third-order valence-corrected chi connectivity index (χ3v) is 6.34. The Balaban J connectivity index is 1.68. The molecule has 27 heavy (non-hydrogen) atoms. The molecule has 0 radical (unpaired) electrons. The molecular weight excluding hydrogens is 382 g/mol. The first-order valence-electron chi connectivity index (χ1n) is 8.81. The van der Waals surface area contributed by atoms with Gasteiger partial charge < -0.3 is 10.1 Å². The van der Waals surface area contributed by atoms with Crippen molar-refractivity contribution in [3.8, 4) is 0 Å². The maximum atomic E-state index is 12.8. The monoisotopic (exact) mass is 405 g/mol. The average Bonchev–Trinajstić information content (AvgIpc) is 3.05. The number of carbonyl (C=O) groups excluding carboxylic acids is 1. The SMILES string of the molecule is COCCn1c(SCC(=O)NCc2ccccc2)nc2c(c1=O)SC(C)C2. The third-order valence-electron chi connectivity index (χ3n) is 4.15. The Morgan fingerprint density at radius 3 is 2.93 bits per heavy atom. The quantitative estimate of drug-likeness (QED) is 0.537. The zero-order valence-corrected chi connectivity index (χ0v) is 17.1. The van der Waals surface area contributed by atoms with Gasteiger partial charge in [0.2, 0.25) is 5.91 Å². The number of nitrogens with zero attached hydrogens (tertiary/aromatic N) is 2. The second kappa shape index (κ2) is 9.43. The van der Waals surface area contributed by atoms with Gasteiger partial charge in [0.05, 0.1) is 29.5 Å².